The van der Waals surface area contributed by atoms with Crippen LogP contribution in [0.3, 0.4) is 0 Å². The van der Waals surface area contributed by atoms with Gasteiger partial charge in [0.2, 0.25) is 0 Å². The van der Waals surface area contributed by atoms with Crippen molar-refractivity contribution in [1.82, 2.24) is 0 Å². The van der Waals surface area contributed by atoms with Crippen LogP contribution in [0.25, 0.3) is 0 Å². The summed E-state index contributed by atoms with van der Waals surface area (Å²) in [4.78, 5) is 0. The zero-order chi connectivity index (χ0) is 39.1. The number of allylic oxidation sites excluding steroid dienone is 4. The zero-order valence-corrected chi connectivity index (χ0v) is 37.5. The van der Waals surface area contributed by atoms with Crippen LogP contribution in [0, 0.1) is 20.8 Å². The number of hydrogen-bond donors (Lipinski definition) is 0. The topological polar surface area (TPSA) is 18.5 Å². The quantitative estimate of drug-likeness (QED) is 0.0682. The van der Waals surface area contributed by atoms with Gasteiger partial charge < -0.3 is 9.16 Å². The van der Waals surface area contributed by atoms with Crippen LogP contribution >= 0.6 is 7.26 Å². The molecule has 0 amide bonds. The molecule has 1 aliphatic heterocycles. The third-order valence-electron chi connectivity index (χ3n) is 12.8. The Morgan fingerprint density at radius 2 is 1.24 bits per heavy atom. The molecule has 0 unspecified atom stereocenters. The summed E-state index contributed by atoms with van der Waals surface area (Å²) in [5, 5.41) is 4.67. The van der Waals surface area contributed by atoms with Gasteiger partial charge in [-0.05, 0) is 75.4 Å². The van der Waals surface area contributed by atoms with Gasteiger partial charge in [-0.25, -0.2) is 0 Å². The predicted octanol–water partition coefficient (Wildman–Crippen LogP) is 13.0. The first-order chi connectivity index (χ1) is 25.6. The molecular formula is C50H69O2PSi. The standard InChI is InChI=1S/C50H69O2PSi/c1-38(26-22-35-50(9)36-34-46-42(5)47(40(3)41(4)48(46)51-50)52-54(10,11)49(6,7)8)24-21-25-39(2)27-23-37-53(43-28-15-12-16-29-43,44-30-17-13-18-31-44)45-32-19-14-20-33-45/h12-20,25-26,28-33,53H,21-24,27,34-37H2,1-11H3/b38-26+,39-25+/t50-/m1/s1. The van der Waals surface area contributed by atoms with Gasteiger partial charge in [0.05, 0.1) is 0 Å². The first kappa shape index (κ1) is 41.8. The van der Waals surface area contributed by atoms with Gasteiger partial charge in [-0.3, -0.25) is 0 Å². The average molecular weight is 761 g/mol. The number of rotatable bonds is 15. The Hall–Kier alpha value is -3.39. The van der Waals surface area contributed by atoms with E-state index in [2.05, 4.69) is 179 Å². The third-order valence-corrected chi connectivity index (χ3v) is 22.2. The van der Waals surface area contributed by atoms with Crippen molar-refractivity contribution in [2.24, 2.45) is 0 Å². The van der Waals surface area contributed by atoms with E-state index in [0.717, 1.165) is 56.4 Å². The van der Waals surface area contributed by atoms with E-state index in [1.165, 1.54) is 61.9 Å². The molecule has 4 aromatic rings. The molecule has 5 rings (SSSR count). The van der Waals surface area contributed by atoms with E-state index >= 15 is 0 Å². The zero-order valence-electron chi connectivity index (χ0n) is 35.5. The molecule has 0 aromatic heterocycles. The first-order valence-corrected chi connectivity index (χ1v) is 25.7. The van der Waals surface area contributed by atoms with E-state index < -0.39 is 15.6 Å². The van der Waals surface area contributed by atoms with Crippen molar-refractivity contribution in [3.63, 3.8) is 0 Å². The fourth-order valence-corrected chi connectivity index (χ4v) is 14.1. The minimum atomic E-state index is -2.17. The second-order valence-electron chi connectivity index (χ2n) is 18.0. The Morgan fingerprint density at radius 1 is 0.741 bits per heavy atom. The van der Waals surface area contributed by atoms with Crippen molar-refractivity contribution in [2.75, 3.05) is 6.16 Å². The molecule has 4 heteroatoms. The normalized spacial score (nSPS) is 17.2. The molecule has 0 bridgehead atoms. The monoisotopic (exact) mass is 760 g/mol. The minimum absolute atomic E-state index is 0.149. The van der Waals surface area contributed by atoms with E-state index in [9.17, 15) is 0 Å². The van der Waals surface area contributed by atoms with Gasteiger partial charge in [0.1, 0.15) is 11.5 Å². The fourth-order valence-electron chi connectivity index (χ4n) is 8.13. The summed E-state index contributed by atoms with van der Waals surface area (Å²) in [7, 11) is -4.12. The molecule has 0 saturated heterocycles. The summed E-state index contributed by atoms with van der Waals surface area (Å²) in [5.41, 5.74) is 7.97. The van der Waals surface area contributed by atoms with Gasteiger partial charge >= 0.3 is 202 Å². The van der Waals surface area contributed by atoms with Crippen molar-refractivity contribution in [2.45, 2.75) is 137 Å². The summed E-state index contributed by atoms with van der Waals surface area (Å²) in [6.45, 7) is 25.3. The Kier molecular flexibility index (Phi) is 13.6. The molecule has 0 spiro atoms. The van der Waals surface area contributed by atoms with E-state index in [4.69, 9.17) is 9.16 Å². The summed E-state index contributed by atoms with van der Waals surface area (Å²) < 4.78 is 13.8. The molecule has 0 fully saturated rings. The molecule has 0 radical (unpaired) electrons. The van der Waals surface area contributed by atoms with Gasteiger partial charge in [-0.1, -0.05) is 20.8 Å². The summed E-state index contributed by atoms with van der Waals surface area (Å²) in [6, 6.07) is 34.0. The van der Waals surface area contributed by atoms with Crippen molar-refractivity contribution in [1.29, 1.82) is 0 Å². The number of benzene rings is 4. The number of ether oxygens (including phenoxy) is 1. The predicted molar refractivity (Wildman–Crippen MR) is 242 cm³/mol. The maximum absolute atomic E-state index is 6.92. The second kappa shape index (κ2) is 17.6. The molecule has 1 atom stereocenters. The first-order valence-electron chi connectivity index (χ1n) is 20.6. The van der Waals surface area contributed by atoms with Crippen LogP contribution in [0.5, 0.6) is 11.5 Å². The summed E-state index contributed by atoms with van der Waals surface area (Å²) in [6.07, 6.45) is 14.9. The SMILES string of the molecule is C/C(=C\CC[C@]1(C)CCc2c(C)c(O[Si](C)(C)C(C)(C)C)c(C)c(C)c2O1)CC/C=C(\C)CCC[PH](c1ccccc1)(c1ccccc1)c1ccccc1. The fraction of sp³-hybridized carbons (Fsp3) is 0.440. The van der Waals surface area contributed by atoms with Gasteiger partial charge in [-0.2, -0.15) is 0 Å². The molecule has 1 aliphatic rings. The van der Waals surface area contributed by atoms with Crippen LogP contribution < -0.4 is 25.1 Å². The molecule has 4 aromatic carbocycles. The van der Waals surface area contributed by atoms with Crippen molar-refractivity contribution in [3.8, 4) is 11.5 Å². The maximum atomic E-state index is 6.92. The van der Waals surface area contributed by atoms with Crippen molar-refractivity contribution >= 4 is 31.5 Å². The van der Waals surface area contributed by atoms with Crippen LogP contribution in [0.1, 0.15) is 109 Å². The Balaban J connectivity index is 1.17. The van der Waals surface area contributed by atoms with Crippen LogP contribution in [-0.2, 0) is 6.42 Å². The van der Waals surface area contributed by atoms with Crippen LogP contribution in [-0.4, -0.2) is 20.1 Å². The van der Waals surface area contributed by atoms with Gasteiger partial charge in [-0.15, -0.1) is 0 Å². The molecular weight excluding hydrogens is 692 g/mol. The summed E-state index contributed by atoms with van der Waals surface area (Å²) in [5.74, 6) is 2.22. The average Bonchev–Trinajstić information content (AvgIpc) is 3.15. The third kappa shape index (κ3) is 9.51. The molecule has 0 aliphatic carbocycles. The van der Waals surface area contributed by atoms with E-state index in [1.54, 1.807) is 0 Å². The Labute approximate surface area is 331 Å². The Bertz CT molecular complexity index is 1810. The van der Waals surface area contributed by atoms with E-state index in [-0.39, 0.29) is 10.6 Å². The number of fused-ring (bicyclic) bond motifs is 1. The van der Waals surface area contributed by atoms with Gasteiger partial charge in [0.15, 0.2) is 0 Å². The van der Waals surface area contributed by atoms with Crippen LogP contribution in [0.15, 0.2) is 114 Å². The molecule has 2 nitrogen and oxygen atoms in total. The number of hydrogen-bond acceptors (Lipinski definition) is 2. The molecule has 1 heterocycles. The Morgan fingerprint density at radius 3 is 1.76 bits per heavy atom. The molecule has 54 heavy (non-hydrogen) atoms. The van der Waals surface area contributed by atoms with Crippen molar-refractivity contribution < 1.29 is 9.16 Å². The molecule has 0 saturated carbocycles. The summed E-state index contributed by atoms with van der Waals surface area (Å²) >= 11 is 0. The van der Waals surface area contributed by atoms with E-state index in [1.807, 2.05) is 0 Å². The van der Waals surface area contributed by atoms with Gasteiger partial charge in [0.25, 0.3) is 8.32 Å². The van der Waals surface area contributed by atoms with Crippen molar-refractivity contribution in [3.05, 3.63) is 137 Å². The second-order valence-corrected chi connectivity index (χ2v) is 26.7. The molecule has 290 valence electrons. The van der Waals surface area contributed by atoms with Crippen LogP contribution in [0.2, 0.25) is 18.1 Å². The van der Waals surface area contributed by atoms with Gasteiger partial charge in [0, 0.05) is 5.56 Å². The van der Waals surface area contributed by atoms with Crippen LogP contribution in [0.4, 0.5) is 0 Å². The molecule has 0 N–H and O–H groups in total. The van der Waals surface area contributed by atoms with E-state index in [0.29, 0.717) is 0 Å².